The molecule has 0 saturated heterocycles. The number of benzene rings is 1. The molecule has 1 aromatic rings. The van der Waals surface area contributed by atoms with Crippen LogP contribution in [0.25, 0.3) is 0 Å². The van der Waals surface area contributed by atoms with Gasteiger partial charge >= 0.3 is 11.9 Å². The van der Waals surface area contributed by atoms with Crippen molar-refractivity contribution in [2.45, 2.75) is 26.8 Å². The quantitative estimate of drug-likeness (QED) is 0.743. The topological polar surface area (TPSA) is 62.0 Å². The van der Waals surface area contributed by atoms with Gasteiger partial charge in [0.15, 0.2) is 5.92 Å². The lowest BCUT2D eigenvalue weighted by Gasteiger charge is -2.29. The van der Waals surface area contributed by atoms with E-state index in [1.165, 1.54) is 9.48 Å². The predicted molar refractivity (Wildman–Crippen MR) is 99.5 cm³/mol. The highest BCUT2D eigenvalue weighted by molar-refractivity contribution is 6.30. The number of dihydropyridines is 1. The number of allylic oxidation sites excluding steroid dienone is 1. The first kappa shape index (κ1) is 18.3. The molecule has 2 heterocycles. The molecule has 2 aliphatic heterocycles. The molecule has 0 bridgehead atoms. The lowest BCUT2D eigenvalue weighted by atomic mass is 9.94. The van der Waals surface area contributed by atoms with Gasteiger partial charge in [0, 0.05) is 10.6 Å². The van der Waals surface area contributed by atoms with E-state index in [0.717, 1.165) is 11.1 Å². The van der Waals surface area contributed by atoms with Crippen molar-refractivity contribution in [1.29, 1.82) is 0 Å². The number of hydrogen-bond acceptors (Lipinski definition) is 4. The Morgan fingerprint density at radius 2 is 1.92 bits per heavy atom. The minimum atomic E-state index is -0.690. The Hall–Kier alpha value is -2.47. The number of hydrogen-bond donors (Lipinski definition) is 0. The predicted octanol–water partition coefficient (Wildman–Crippen LogP) is 3.24. The van der Waals surface area contributed by atoms with E-state index in [-0.39, 0.29) is 12.5 Å². The summed E-state index contributed by atoms with van der Waals surface area (Å²) in [5, 5.41) is 0.605. The van der Waals surface area contributed by atoms with Crippen molar-refractivity contribution >= 4 is 35.6 Å². The van der Waals surface area contributed by atoms with Crippen LogP contribution in [0.15, 0.2) is 40.6 Å². The molecule has 136 valence electrons. The summed E-state index contributed by atoms with van der Waals surface area (Å²) in [4.78, 5) is 31.5. The number of fused-ring (bicyclic) bond motifs is 1. The second-order valence-corrected chi connectivity index (χ2v) is 6.55. The number of aliphatic imine (C=N–C) groups is 1. The molecule has 26 heavy (non-hydrogen) atoms. The molecule has 0 radical (unpaired) electrons. The molecule has 7 heteroatoms. The van der Waals surface area contributed by atoms with Gasteiger partial charge in [0.2, 0.25) is 0 Å². The standard InChI is InChI=1S/C19H21ClN3O3/c1-4-13-10-21-17-15(16(13)26-5-2)18(24)23(19(25)22(17)3)11-12-6-8-14(20)9-7-12/h6-10,15H,4-5,11H2,1-3H3/q+1. The van der Waals surface area contributed by atoms with Gasteiger partial charge in [-0.25, -0.2) is 4.79 Å². The zero-order valence-electron chi connectivity index (χ0n) is 15.0. The third-order valence-electron chi connectivity index (χ3n) is 4.50. The average molecular weight is 375 g/mol. The van der Waals surface area contributed by atoms with Crippen molar-refractivity contribution in [3.05, 3.63) is 46.2 Å². The number of nitrogens with zero attached hydrogens (tertiary/aromatic N) is 3. The zero-order valence-corrected chi connectivity index (χ0v) is 15.8. The summed E-state index contributed by atoms with van der Waals surface area (Å²) in [7, 11) is 1.63. The van der Waals surface area contributed by atoms with Crippen LogP contribution >= 0.6 is 11.6 Å². The van der Waals surface area contributed by atoms with Gasteiger partial charge in [0.1, 0.15) is 18.5 Å². The molecule has 0 spiro atoms. The second-order valence-electron chi connectivity index (χ2n) is 6.12. The van der Waals surface area contributed by atoms with E-state index in [1.54, 1.807) is 37.5 Å². The summed E-state index contributed by atoms with van der Waals surface area (Å²) in [6, 6.07) is 6.69. The Morgan fingerprint density at radius 3 is 2.54 bits per heavy atom. The minimum Gasteiger partial charge on any atom is -0.496 e. The number of urea groups is 1. The fourth-order valence-electron chi connectivity index (χ4n) is 3.13. The molecule has 1 aromatic carbocycles. The van der Waals surface area contributed by atoms with Crippen LogP contribution in [-0.2, 0) is 16.1 Å². The van der Waals surface area contributed by atoms with E-state index in [4.69, 9.17) is 16.3 Å². The number of imide groups is 1. The molecular weight excluding hydrogens is 354 g/mol. The zero-order chi connectivity index (χ0) is 18.8. The van der Waals surface area contributed by atoms with Crippen LogP contribution in [0, 0.1) is 5.92 Å². The molecule has 0 N–H and O–H groups in total. The number of amides is 3. The summed E-state index contributed by atoms with van der Waals surface area (Å²) in [6.07, 6.45) is 2.38. The van der Waals surface area contributed by atoms with Gasteiger partial charge in [0.25, 0.3) is 5.84 Å². The van der Waals surface area contributed by atoms with Gasteiger partial charge in [-0.1, -0.05) is 30.7 Å². The monoisotopic (exact) mass is 374 g/mol. The summed E-state index contributed by atoms with van der Waals surface area (Å²) in [5.41, 5.74) is 1.70. The first-order valence-electron chi connectivity index (χ1n) is 8.58. The fourth-order valence-corrected chi connectivity index (χ4v) is 3.26. The van der Waals surface area contributed by atoms with Crippen molar-refractivity contribution in [2.24, 2.45) is 10.9 Å². The highest BCUT2D eigenvalue weighted by Gasteiger charge is 2.50. The third kappa shape index (κ3) is 3.17. The van der Waals surface area contributed by atoms with Gasteiger partial charge in [-0.05, 0) is 31.0 Å². The van der Waals surface area contributed by atoms with E-state index in [1.807, 2.05) is 13.8 Å². The molecule has 3 rings (SSSR count). The lowest BCUT2D eigenvalue weighted by Crippen LogP contribution is -2.54. The molecule has 0 saturated carbocycles. The first-order chi connectivity index (χ1) is 12.5. The van der Waals surface area contributed by atoms with Gasteiger partial charge < -0.3 is 4.74 Å². The van der Waals surface area contributed by atoms with Crippen LogP contribution in [0.1, 0.15) is 25.8 Å². The normalized spacial score (nSPS) is 20.0. The number of halogens is 1. The molecule has 1 unspecified atom stereocenters. The Morgan fingerprint density at radius 1 is 1.23 bits per heavy atom. The van der Waals surface area contributed by atoms with E-state index < -0.39 is 11.9 Å². The highest BCUT2D eigenvalue weighted by atomic mass is 35.5. The number of amidine groups is 1. The molecule has 1 atom stereocenters. The van der Waals surface area contributed by atoms with E-state index >= 15 is 0 Å². The molecule has 0 aromatic heterocycles. The van der Waals surface area contributed by atoms with E-state index in [9.17, 15) is 9.59 Å². The summed E-state index contributed by atoms with van der Waals surface area (Å²) >= 11 is 5.91. The lowest BCUT2D eigenvalue weighted by molar-refractivity contribution is -0.409. The van der Waals surface area contributed by atoms with Gasteiger partial charge in [-0.2, -0.15) is 9.48 Å². The van der Waals surface area contributed by atoms with Crippen molar-refractivity contribution in [3.63, 3.8) is 0 Å². The molecule has 3 amide bonds. The fraction of sp³-hybridized carbons (Fsp3) is 0.368. The van der Waals surface area contributed by atoms with Crippen molar-refractivity contribution < 1.29 is 18.9 Å². The SMILES string of the molecule is CCOC1=C(CC)C=NC2=[N+](C)C(=O)N(Cc3ccc(Cl)cc3)C(=O)C12. The largest absolute Gasteiger partial charge is 0.496 e. The van der Waals surface area contributed by atoms with Gasteiger partial charge in [0.05, 0.1) is 13.7 Å². The van der Waals surface area contributed by atoms with Gasteiger partial charge in [-0.15, -0.1) is 4.99 Å². The van der Waals surface area contributed by atoms with E-state index in [2.05, 4.69) is 4.99 Å². The molecular formula is C19H21ClN3O3+. The summed E-state index contributed by atoms with van der Waals surface area (Å²) in [6.45, 7) is 4.48. The van der Waals surface area contributed by atoms with Crippen LogP contribution < -0.4 is 0 Å². The maximum absolute atomic E-state index is 13.2. The number of carbonyl (C=O) groups excluding carboxylic acids is 2. The Balaban J connectivity index is 2.01. The number of carbonyl (C=O) groups is 2. The number of rotatable bonds is 5. The molecule has 0 fully saturated rings. The molecule has 6 nitrogen and oxygen atoms in total. The number of ether oxygens (including phenoxy) is 1. The van der Waals surface area contributed by atoms with Crippen molar-refractivity contribution in [1.82, 2.24) is 4.90 Å². The molecule has 2 aliphatic rings. The van der Waals surface area contributed by atoms with E-state index in [0.29, 0.717) is 29.6 Å². The highest BCUT2D eigenvalue weighted by Crippen LogP contribution is 2.30. The van der Waals surface area contributed by atoms with Crippen LogP contribution in [0.2, 0.25) is 5.02 Å². The Kier molecular flexibility index (Phi) is 5.23. The van der Waals surface area contributed by atoms with Crippen LogP contribution in [0.3, 0.4) is 0 Å². The Labute approximate surface area is 157 Å². The second kappa shape index (κ2) is 7.41. The van der Waals surface area contributed by atoms with Crippen molar-refractivity contribution in [2.75, 3.05) is 13.7 Å². The maximum Gasteiger partial charge on any atom is 0.445 e. The smallest absolute Gasteiger partial charge is 0.445 e. The minimum absolute atomic E-state index is 0.174. The average Bonchev–Trinajstić information content (AvgIpc) is 2.65. The van der Waals surface area contributed by atoms with Crippen LogP contribution in [0.4, 0.5) is 4.79 Å². The first-order valence-corrected chi connectivity index (χ1v) is 8.96. The molecule has 0 aliphatic carbocycles. The van der Waals surface area contributed by atoms with Crippen LogP contribution in [-0.4, -0.2) is 47.1 Å². The van der Waals surface area contributed by atoms with Crippen molar-refractivity contribution in [3.8, 4) is 0 Å². The Bertz CT molecular complexity index is 840. The summed E-state index contributed by atoms with van der Waals surface area (Å²) < 4.78 is 7.21. The van der Waals surface area contributed by atoms with Gasteiger partial charge in [-0.3, -0.25) is 4.79 Å². The maximum atomic E-state index is 13.2. The third-order valence-corrected chi connectivity index (χ3v) is 4.75. The van der Waals surface area contributed by atoms with Crippen LogP contribution in [0.5, 0.6) is 0 Å². The summed E-state index contributed by atoms with van der Waals surface area (Å²) in [5.74, 6) is -0.00679.